The fourth-order valence-corrected chi connectivity index (χ4v) is 0.915. The lowest BCUT2D eigenvalue weighted by Gasteiger charge is -2.06. The molecular formula is C3H5N3O2S. The Bertz CT molecular complexity index is 232. The van der Waals surface area contributed by atoms with Gasteiger partial charge in [0.05, 0.1) is 0 Å². The first-order valence-corrected chi connectivity index (χ1v) is 3.58. The van der Waals surface area contributed by atoms with Crippen molar-refractivity contribution in [1.82, 2.24) is 4.90 Å². The van der Waals surface area contributed by atoms with Crippen LogP contribution in [-0.4, -0.2) is 33.0 Å². The van der Waals surface area contributed by atoms with Gasteiger partial charge in [-0.2, -0.15) is 8.42 Å². The normalized spacial score (nSPS) is 22.6. The summed E-state index contributed by atoms with van der Waals surface area (Å²) in [5.41, 5.74) is 0. The third-order valence-corrected chi connectivity index (χ3v) is 1.45. The maximum atomic E-state index is 10.4. The van der Waals surface area contributed by atoms with E-state index in [9.17, 15) is 8.42 Å². The molecule has 6 heteroatoms. The lowest BCUT2D eigenvalue weighted by atomic mass is 10.9. The minimum Gasteiger partial charge on any atom is -0.325 e. The van der Waals surface area contributed by atoms with Crippen molar-refractivity contribution in [3.05, 3.63) is 0 Å². The van der Waals surface area contributed by atoms with Crippen molar-refractivity contribution in [1.29, 1.82) is 0 Å². The Labute approximate surface area is 52.9 Å². The fraction of sp³-hybridized carbons (Fsp3) is 0.333. The summed E-state index contributed by atoms with van der Waals surface area (Å²) in [6.45, 7) is 0. The van der Waals surface area contributed by atoms with Crippen LogP contribution in [0.15, 0.2) is 8.80 Å². The van der Waals surface area contributed by atoms with Crippen molar-refractivity contribution in [3.8, 4) is 0 Å². The zero-order valence-corrected chi connectivity index (χ0v) is 5.54. The first-order chi connectivity index (χ1) is 4.10. The van der Waals surface area contributed by atoms with Crippen LogP contribution in [0.4, 0.5) is 0 Å². The molecule has 0 bridgehead atoms. The number of hydrogen-bond acceptors (Lipinski definition) is 3. The van der Waals surface area contributed by atoms with Crippen LogP contribution in [0.2, 0.25) is 0 Å². The first-order valence-electron chi connectivity index (χ1n) is 2.18. The van der Waals surface area contributed by atoms with Gasteiger partial charge in [-0.05, 0) is 0 Å². The van der Waals surface area contributed by atoms with Gasteiger partial charge in [0.25, 0.3) is 0 Å². The molecular weight excluding hydrogens is 142 g/mol. The molecule has 0 amide bonds. The molecule has 0 unspecified atom stereocenters. The van der Waals surface area contributed by atoms with Crippen LogP contribution >= 0.6 is 0 Å². The quantitative estimate of drug-likeness (QED) is 0.452. The van der Waals surface area contributed by atoms with Crippen molar-refractivity contribution >= 4 is 22.9 Å². The highest BCUT2D eigenvalue weighted by Crippen LogP contribution is 1.95. The highest BCUT2D eigenvalue weighted by Gasteiger charge is 2.06. The molecule has 9 heavy (non-hydrogen) atoms. The molecule has 1 aliphatic heterocycles. The SMILES string of the molecule is CN1C=NS(=O)(=O)N=C1. The fourth-order valence-electron chi connectivity index (χ4n) is 0.325. The zero-order valence-electron chi connectivity index (χ0n) is 4.72. The predicted octanol–water partition coefficient (Wildman–Crippen LogP) is -0.767. The van der Waals surface area contributed by atoms with E-state index in [-0.39, 0.29) is 0 Å². The highest BCUT2D eigenvalue weighted by atomic mass is 32.2. The van der Waals surface area contributed by atoms with Crippen LogP contribution in [-0.2, 0) is 10.2 Å². The minimum absolute atomic E-state index is 1.18. The standard InChI is InChI=1S/C3H5N3O2S/c1-6-2-4-9(7,8)5-3-6/h2-3H,1H3. The van der Waals surface area contributed by atoms with Crippen LogP contribution < -0.4 is 0 Å². The van der Waals surface area contributed by atoms with Crippen LogP contribution in [0.3, 0.4) is 0 Å². The number of hydrogen-bond donors (Lipinski definition) is 0. The average molecular weight is 147 g/mol. The molecule has 1 rings (SSSR count). The Balaban J connectivity index is 2.96. The van der Waals surface area contributed by atoms with Crippen molar-refractivity contribution in [2.45, 2.75) is 0 Å². The summed E-state index contributed by atoms with van der Waals surface area (Å²) in [6.07, 6.45) is 2.37. The maximum Gasteiger partial charge on any atom is 0.365 e. The lowest BCUT2D eigenvalue weighted by Crippen LogP contribution is -2.18. The van der Waals surface area contributed by atoms with Gasteiger partial charge in [-0.1, -0.05) is 0 Å². The molecule has 0 radical (unpaired) electrons. The molecule has 0 saturated heterocycles. The molecule has 0 atom stereocenters. The van der Waals surface area contributed by atoms with Gasteiger partial charge in [0.1, 0.15) is 12.7 Å². The van der Waals surface area contributed by atoms with Gasteiger partial charge in [-0.15, -0.1) is 8.80 Å². The molecule has 1 aliphatic rings. The Morgan fingerprint density at radius 1 is 1.33 bits per heavy atom. The van der Waals surface area contributed by atoms with E-state index < -0.39 is 10.2 Å². The molecule has 50 valence electrons. The Morgan fingerprint density at radius 3 is 2.11 bits per heavy atom. The van der Waals surface area contributed by atoms with E-state index in [0.717, 1.165) is 0 Å². The topological polar surface area (TPSA) is 62.1 Å². The molecule has 5 nitrogen and oxygen atoms in total. The number of nitrogens with zero attached hydrogens (tertiary/aromatic N) is 3. The molecule has 1 heterocycles. The van der Waals surface area contributed by atoms with Gasteiger partial charge in [0, 0.05) is 7.05 Å². The van der Waals surface area contributed by atoms with E-state index in [4.69, 9.17) is 0 Å². The largest absolute Gasteiger partial charge is 0.365 e. The zero-order chi connectivity index (χ0) is 6.91. The molecule has 0 N–H and O–H groups in total. The molecule has 0 fully saturated rings. The molecule has 0 saturated carbocycles. The summed E-state index contributed by atoms with van der Waals surface area (Å²) >= 11 is 0. The van der Waals surface area contributed by atoms with Crippen LogP contribution in [0.1, 0.15) is 0 Å². The van der Waals surface area contributed by atoms with Crippen LogP contribution in [0.25, 0.3) is 0 Å². The minimum atomic E-state index is -3.52. The van der Waals surface area contributed by atoms with Gasteiger partial charge in [0.2, 0.25) is 0 Å². The Hall–Kier alpha value is -0.910. The monoisotopic (exact) mass is 147 g/mol. The molecule has 0 aliphatic carbocycles. The van der Waals surface area contributed by atoms with Crippen molar-refractivity contribution in [3.63, 3.8) is 0 Å². The molecule has 0 aromatic rings. The summed E-state index contributed by atoms with van der Waals surface area (Å²) in [4.78, 5) is 1.45. The second-order valence-electron chi connectivity index (χ2n) is 1.56. The van der Waals surface area contributed by atoms with E-state index in [0.29, 0.717) is 0 Å². The van der Waals surface area contributed by atoms with E-state index in [1.54, 1.807) is 7.05 Å². The van der Waals surface area contributed by atoms with Crippen LogP contribution in [0.5, 0.6) is 0 Å². The summed E-state index contributed by atoms with van der Waals surface area (Å²) in [7, 11) is -1.88. The van der Waals surface area contributed by atoms with E-state index in [2.05, 4.69) is 8.80 Å². The van der Waals surface area contributed by atoms with E-state index >= 15 is 0 Å². The van der Waals surface area contributed by atoms with Crippen molar-refractivity contribution in [2.24, 2.45) is 8.80 Å². The predicted molar refractivity (Wildman–Crippen MR) is 33.7 cm³/mol. The van der Waals surface area contributed by atoms with Gasteiger partial charge < -0.3 is 4.90 Å². The summed E-state index contributed by atoms with van der Waals surface area (Å²) in [5.74, 6) is 0. The second-order valence-corrected chi connectivity index (χ2v) is 2.87. The van der Waals surface area contributed by atoms with Gasteiger partial charge in [-0.25, -0.2) is 0 Å². The molecule has 0 spiro atoms. The molecule has 0 aromatic carbocycles. The average Bonchev–Trinajstić information content (AvgIpc) is 1.78. The van der Waals surface area contributed by atoms with Crippen molar-refractivity contribution in [2.75, 3.05) is 7.05 Å². The van der Waals surface area contributed by atoms with Crippen molar-refractivity contribution < 1.29 is 8.42 Å². The van der Waals surface area contributed by atoms with Gasteiger partial charge in [-0.3, -0.25) is 0 Å². The number of rotatable bonds is 0. The summed E-state index contributed by atoms with van der Waals surface area (Å²) < 4.78 is 27.0. The first kappa shape index (κ1) is 6.21. The van der Waals surface area contributed by atoms with Gasteiger partial charge >= 0.3 is 10.2 Å². The third-order valence-electron chi connectivity index (χ3n) is 0.725. The van der Waals surface area contributed by atoms with E-state index in [1.165, 1.54) is 17.6 Å². The Kier molecular flexibility index (Phi) is 1.24. The smallest absolute Gasteiger partial charge is 0.325 e. The van der Waals surface area contributed by atoms with Gasteiger partial charge in [0.15, 0.2) is 0 Å². The summed E-state index contributed by atoms with van der Waals surface area (Å²) in [5, 5.41) is 0. The summed E-state index contributed by atoms with van der Waals surface area (Å²) in [6, 6.07) is 0. The lowest BCUT2D eigenvalue weighted by molar-refractivity contribution is 0.597. The third kappa shape index (κ3) is 1.49. The molecule has 0 aromatic heterocycles. The second kappa shape index (κ2) is 1.80. The maximum absolute atomic E-state index is 10.4. The van der Waals surface area contributed by atoms with E-state index in [1.807, 2.05) is 0 Å². The van der Waals surface area contributed by atoms with Crippen LogP contribution in [0, 0.1) is 0 Å². The Morgan fingerprint density at radius 2 is 1.78 bits per heavy atom. The highest BCUT2D eigenvalue weighted by molar-refractivity contribution is 7.89.